The summed E-state index contributed by atoms with van der Waals surface area (Å²) < 4.78 is 66.2. The summed E-state index contributed by atoms with van der Waals surface area (Å²) in [6.07, 6.45) is 0. The van der Waals surface area contributed by atoms with Gasteiger partial charge >= 0.3 is 0 Å². The average molecular weight is 416 g/mol. The van der Waals surface area contributed by atoms with Crippen molar-refractivity contribution >= 4 is 31.6 Å². The van der Waals surface area contributed by atoms with Crippen LogP contribution in [0.5, 0.6) is 0 Å². The van der Waals surface area contributed by atoms with Gasteiger partial charge in [-0.15, -0.1) is 0 Å². The molecule has 0 aliphatic heterocycles. The van der Waals surface area contributed by atoms with E-state index >= 15 is 0 Å². The number of rotatable bonds is 4. The number of non-ortho nitro benzene ring substituents is 1. The molecular formula is C13H8N2O10S2. The van der Waals surface area contributed by atoms with Crippen LogP contribution in [0.4, 0.5) is 11.4 Å². The predicted octanol–water partition coefficient (Wildman–Crippen LogP) is 1.71. The summed E-state index contributed by atoms with van der Waals surface area (Å²) in [7, 11) is -10.1. The molecule has 2 N–H and O–H groups in total. The molecule has 1 aliphatic rings. The largest absolute Gasteiger partial charge is 0.294 e. The van der Waals surface area contributed by atoms with Gasteiger partial charge in [-0.1, -0.05) is 0 Å². The van der Waals surface area contributed by atoms with Crippen LogP contribution in [0.3, 0.4) is 0 Å². The maximum Gasteiger partial charge on any atom is 0.294 e. The maximum atomic E-state index is 11.9. The predicted molar refractivity (Wildman–Crippen MR) is 88.4 cm³/mol. The van der Waals surface area contributed by atoms with Crippen molar-refractivity contribution in [3.63, 3.8) is 0 Å². The van der Waals surface area contributed by atoms with E-state index in [2.05, 4.69) is 0 Å². The third-order valence-electron chi connectivity index (χ3n) is 4.02. The minimum absolute atomic E-state index is 0.294. The highest BCUT2D eigenvalue weighted by Crippen LogP contribution is 2.53. The number of fused-ring (bicyclic) bond motifs is 3. The third-order valence-corrected chi connectivity index (χ3v) is 6.01. The molecule has 1 unspecified atom stereocenters. The van der Waals surface area contributed by atoms with Gasteiger partial charge in [0.1, 0.15) is 5.25 Å². The Labute approximate surface area is 150 Å². The van der Waals surface area contributed by atoms with Gasteiger partial charge in [0.05, 0.1) is 20.3 Å². The summed E-state index contributed by atoms with van der Waals surface area (Å²) in [5.74, 6) is 0. The molecule has 0 fully saturated rings. The molecule has 2 aromatic carbocycles. The molecule has 2 aromatic rings. The lowest BCUT2D eigenvalue weighted by Crippen LogP contribution is -2.15. The van der Waals surface area contributed by atoms with E-state index in [0.29, 0.717) is 6.07 Å². The van der Waals surface area contributed by atoms with Crippen molar-refractivity contribution in [3.05, 3.63) is 61.7 Å². The molecule has 0 saturated heterocycles. The van der Waals surface area contributed by atoms with Crippen LogP contribution < -0.4 is 0 Å². The van der Waals surface area contributed by atoms with E-state index in [0.717, 1.165) is 24.3 Å². The highest BCUT2D eigenvalue weighted by atomic mass is 32.2. The Morgan fingerprint density at radius 3 is 2.04 bits per heavy atom. The molecule has 0 bridgehead atoms. The summed E-state index contributed by atoms with van der Waals surface area (Å²) in [5.41, 5.74) is -3.18. The van der Waals surface area contributed by atoms with Crippen LogP contribution in [0.15, 0.2) is 35.2 Å². The number of nitrogens with zero attached hydrogens (tertiary/aromatic N) is 2. The van der Waals surface area contributed by atoms with Crippen LogP contribution in [0.2, 0.25) is 0 Å². The van der Waals surface area contributed by atoms with Gasteiger partial charge < -0.3 is 0 Å². The molecule has 1 atom stereocenters. The monoisotopic (exact) mass is 416 g/mol. The molecule has 0 spiro atoms. The molecule has 0 heterocycles. The van der Waals surface area contributed by atoms with E-state index in [1.807, 2.05) is 0 Å². The first-order valence-electron chi connectivity index (χ1n) is 6.88. The van der Waals surface area contributed by atoms with Crippen molar-refractivity contribution in [2.75, 3.05) is 0 Å². The number of hydrogen-bond acceptors (Lipinski definition) is 8. The Kier molecular flexibility index (Phi) is 4.03. The second-order valence-corrected chi connectivity index (χ2v) is 8.42. The van der Waals surface area contributed by atoms with Crippen molar-refractivity contribution in [1.29, 1.82) is 0 Å². The van der Waals surface area contributed by atoms with E-state index in [9.17, 15) is 46.2 Å². The van der Waals surface area contributed by atoms with Crippen LogP contribution in [0.25, 0.3) is 11.1 Å². The summed E-state index contributed by atoms with van der Waals surface area (Å²) in [4.78, 5) is 19.6. The average Bonchev–Trinajstić information content (AvgIpc) is 2.86. The maximum absolute atomic E-state index is 11.9. The quantitative estimate of drug-likeness (QED) is 0.420. The molecule has 3 rings (SSSR count). The molecule has 27 heavy (non-hydrogen) atoms. The highest BCUT2D eigenvalue weighted by Gasteiger charge is 2.45. The second kappa shape index (κ2) is 5.78. The van der Waals surface area contributed by atoms with Crippen LogP contribution >= 0.6 is 0 Å². The first-order chi connectivity index (χ1) is 12.3. The van der Waals surface area contributed by atoms with Crippen molar-refractivity contribution in [2.24, 2.45) is 0 Å². The Bertz CT molecular complexity index is 1230. The molecule has 1 aliphatic carbocycles. The van der Waals surface area contributed by atoms with Crippen molar-refractivity contribution in [2.45, 2.75) is 10.1 Å². The molecular weight excluding hydrogens is 408 g/mol. The fourth-order valence-corrected chi connectivity index (χ4v) is 4.96. The van der Waals surface area contributed by atoms with E-state index in [4.69, 9.17) is 0 Å². The van der Waals surface area contributed by atoms with E-state index < -0.39 is 62.7 Å². The van der Waals surface area contributed by atoms with E-state index in [1.54, 1.807) is 0 Å². The van der Waals surface area contributed by atoms with E-state index in [-0.39, 0.29) is 11.1 Å². The third kappa shape index (κ3) is 2.93. The molecule has 142 valence electrons. The smallest absolute Gasteiger partial charge is 0.285 e. The number of nitro benzene ring substituents is 2. The zero-order chi connectivity index (χ0) is 20.3. The Balaban J connectivity index is 2.58. The second-order valence-electron chi connectivity index (χ2n) is 5.53. The lowest BCUT2D eigenvalue weighted by atomic mass is 10.0. The summed E-state index contributed by atoms with van der Waals surface area (Å²) in [5, 5.41) is 20.3. The molecule has 14 heteroatoms. The molecule has 0 saturated carbocycles. The molecule has 12 nitrogen and oxygen atoms in total. The fourth-order valence-electron chi connectivity index (χ4n) is 3.08. The van der Waals surface area contributed by atoms with Gasteiger partial charge in [0.25, 0.3) is 31.6 Å². The van der Waals surface area contributed by atoms with Gasteiger partial charge in [-0.2, -0.15) is 16.8 Å². The Morgan fingerprint density at radius 2 is 1.56 bits per heavy atom. The number of hydrogen-bond donors (Lipinski definition) is 2. The summed E-state index contributed by atoms with van der Waals surface area (Å²) in [6.45, 7) is 0. The van der Waals surface area contributed by atoms with Crippen LogP contribution in [-0.2, 0) is 20.2 Å². The lowest BCUT2D eigenvalue weighted by Gasteiger charge is -2.12. The fraction of sp³-hybridized carbons (Fsp3) is 0.0769. The highest BCUT2D eigenvalue weighted by molar-refractivity contribution is 7.87. The Hall–Kier alpha value is -2.94. The minimum Gasteiger partial charge on any atom is -0.285 e. The Morgan fingerprint density at radius 1 is 0.926 bits per heavy atom. The lowest BCUT2D eigenvalue weighted by molar-refractivity contribution is -0.385. The van der Waals surface area contributed by atoms with Gasteiger partial charge in [-0.25, -0.2) is 0 Å². The normalized spacial score (nSPS) is 15.9. The molecule has 0 radical (unpaired) electrons. The zero-order valence-electron chi connectivity index (χ0n) is 12.8. The first-order valence-corrected chi connectivity index (χ1v) is 9.82. The van der Waals surface area contributed by atoms with Crippen molar-refractivity contribution in [1.82, 2.24) is 0 Å². The summed E-state index contributed by atoms with van der Waals surface area (Å²) >= 11 is 0. The van der Waals surface area contributed by atoms with E-state index in [1.165, 1.54) is 0 Å². The van der Waals surface area contributed by atoms with Gasteiger partial charge in [-0.05, 0) is 17.7 Å². The first kappa shape index (κ1) is 18.8. The number of nitro groups is 2. The summed E-state index contributed by atoms with van der Waals surface area (Å²) in [6, 6.07) is 4.03. The molecule has 0 aromatic heterocycles. The van der Waals surface area contributed by atoms with Gasteiger partial charge in [-0.3, -0.25) is 29.3 Å². The van der Waals surface area contributed by atoms with Crippen LogP contribution in [0.1, 0.15) is 16.4 Å². The number of benzene rings is 2. The van der Waals surface area contributed by atoms with Gasteiger partial charge in [0.15, 0.2) is 0 Å². The standard InChI is InChI=1S/C13H8N2O10S2/c16-14(17)6-1-2-7-8(5-6)11-9(15(18)19)3-4-10(26(20,21)22)12(11)13(7)27(23,24)25/h1-5,13H,(H,20,21,22)(H,23,24,25). The van der Waals surface area contributed by atoms with Crippen LogP contribution in [-0.4, -0.2) is 35.8 Å². The molecule has 0 amide bonds. The van der Waals surface area contributed by atoms with Gasteiger partial charge in [0, 0.05) is 29.3 Å². The minimum atomic E-state index is -5.06. The van der Waals surface area contributed by atoms with Gasteiger partial charge in [0.2, 0.25) is 0 Å². The van der Waals surface area contributed by atoms with Crippen molar-refractivity contribution < 1.29 is 35.8 Å². The van der Waals surface area contributed by atoms with Crippen LogP contribution in [0, 0.1) is 20.2 Å². The topological polar surface area (TPSA) is 195 Å². The van der Waals surface area contributed by atoms with Crippen molar-refractivity contribution in [3.8, 4) is 11.1 Å². The SMILES string of the molecule is O=[N+]([O-])c1ccc2c(c1)-c1c([N+](=O)[O-])ccc(S(=O)(=O)O)c1C2S(=O)(=O)O. The zero-order valence-corrected chi connectivity index (χ0v) is 14.5.